The maximum Gasteiger partial charge on any atom is 0.306 e. The number of esters is 1. The van der Waals surface area contributed by atoms with Gasteiger partial charge in [0.05, 0.1) is 0 Å². The van der Waals surface area contributed by atoms with Gasteiger partial charge in [0.25, 0.3) is 0 Å². The van der Waals surface area contributed by atoms with Crippen LogP contribution in [0.4, 0.5) is 0 Å². The predicted molar refractivity (Wildman–Crippen MR) is 59.2 cm³/mol. The Labute approximate surface area is 88.0 Å². The van der Waals surface area contributed by atoms with E-state index in [9.17, 15) is 4.79 Å². The molecule has 0 saturated carbocycles. The Bertz CT molecular complexity index is 162. The summed E-state index contributed by atoms with van der Waals surface area (Å²) in [6.45, 7) is 8.11. The molecule has 2 heteroatoms. The average molecular weight is 200 g/mol. The molecule has 0 fully saturated rings. The first-order valence-electron chi connectivity index (χ1n) is 5.73. The van der Waals surface area contributed by atoms with Gasteiger partial charge in [0, 0.05) is 6.42 Å². The maximum absolute atomic E-state index is 11.4. The Balaban J connectivity index is 3.55. The third-order valence-electron chi connectivity index (χ3n) is 2.48. The fraction of sp³-hybridized carbons (Fsp3) is 0.917. The average Bonchev–Trinajstić information content (AvgIpc) is 2.12. The first-order chi connectivity index (χ1) is 6.52. The van der Waals surface area contributed by atoms with Crippen molar-refractivity contribution in [3.63, 3.8) is 0 Å². The minimum absolute atomic E-state index is 0.0482. The smallest absolute Gasteiger partial charge is 0.306 e. The topological polar surface area (TPSA) is 26.3 Å². The standard InChI is InChI=1S/C12H24O2/c1-5-7-8-9-10-11(13)14-12(3,4)6-2/h5-10H2,1-4H3. The van der Waals surface area contributed by atoms with Crippen LogP contribution in [0.25, 0.3) is 0 Å². The molecule has 0 amide bonds. The second-order valence-electron chi connectivity index (χ2n) is 4.40. The molecule has 0 heterocycles. The summed E-state index contributed by atoms with van der Waals surface area (Å²) in [5.41, 5.74) is -0.290. The molecular weight excluding hydrogens is 176 g/mol. The quantitative estimate of drug-likeness (QED) is 0.463. The lowest BCUT2D eigenvalue weighted by Gasteiger charge is -2.23. The van der Waals surface area contributed by atoms with Crippen LogP contribution in [0.5, 0.6) is 0 Å². The number of carbonyl (C=O) groups is 1. The molecule has 0 atom stereocenters. The molecule has 0 rings (SSSR count). The van der Waals surface area contributed by atoms with Crippen molar-refractivity contribution in [1.82, 2.24) is 0 Å². The van der Waals surface area contributed by atoms with Crippen molar-refractivity contribution in [2.75, 3.05) is 0 Å². The van der Waals surface area contributed by atoms with Gasteiger partial charge < -0.3 is 4.74 Å². The normalized spacial score (nSPS) is 11.4. The van der Waals surface area contributed by atoms with Crippen molar-refractivity contribution in [3.8, 4) is 0 Å². The number of unbranched alkanes of at least 4 members (excludes halogenated alkanes) is 3. The zero-order valence-corrected chi connectivity index (χ0v) is 10.1. The third kappa shape index (κ3) is 6.93. The van der Waals surface area contributed by atoms with Crippen LogP contribution < -0.4 is 0 Å². The van der Waals surface area contributed by atoms with Gasteiger partial charge in [0.2, 0.25) is 0 Å². The van der Waals surface area contributed by atoms with Crippen molar-refractivity contribution in [1.29, 1.82) is 0 Å². The largest absolute Gasteiger partial charge is 0.460 e. The molecule has 0 aromatic carbocycles. The third-order valence-corrected chi connectivity index (χ3v) is 2.48. The van der Waals surface area contributed by atoms with E-state index in [0.29, 0.717) is 6.42 Å². The van der Waals surface area contributed by atoms with E-state index in [1.807, 2.05) is 20.8 Å². The lowest BCUT2D eigenvalue weighted by molar-refractivity contribution is -0.156. The lowest BCUT2D eigenvalue weighted by atomic mass is 10.1. The molecule has 0 aromatic heterocycles. The molecule has 0 unspecified atom stereocenters. The molecule has 84 valence electrons. The van der Waals surface area contributed by atoms with Gasteiger partial charge in [-0.05, 0) is 26.7 Å². The summed E-state index contributed by atoms with van der Waals surface area (Å²) < 4.78 is 5.33. The first kappa shape index (κ1) is 13.5. The predicted octanol–water partition coefficient (Wildman–Crippen LogP) is 3.69. The molecule has 0 bridgehead atoms. The van der Waals surface area contributed by atoms with Crippen molar-refractivity contribution < 1.29 is 9.53 Å². The highest BCUT2D eigenvalue weighted by Crippen LogP contribution is 2.15. The first-order valence-corrected chi connectivity index (χ1v) is 5.73. The Morgan fingerprint density at radius 1 is 1.14 bits per heavy atom. The Morgan fingerprint density at radius 2 is 1.79 bits per heavy atom. The molecule has 0 aliphatic carbocycles. The van der Waals surface area contributed by atoms with Crippen molar-refractivity contribution in [2.24, 2.45) is 0 Å². The number of rotatable bonds is 7. The Morgan fingerprint density at radius 3 is 2.29 bits per heavy atom. The van der Waals surface area contributed by atoms with Gasteiger partial charge >= 0.3 is 5.97 Å². The summed E-state index contributed by atoms with van der Waals surface area (Å²) in [5.74, 6) is -0.0482. The highest BCUT2D eigenvalue weighted by Gasteiger charge is 2.19. The van der Waals surface area contributed by atoms with E-state index in [2.05, 4.69) is 6.92 Å². The number of hydrogen-bond donors (Lipinski definition) is 0. The van der Waals surface area contributed by atoms with Crippen LogP contribution in [0.15, 0.2) is 0 Å². The zero-order chi connectivity index (χ0) is 11.0. The minimum Gasteiger partial charge on any atom is -0.460 e. The highest BCUT2D eigenvalue weighted by atomic mass is 16.6. The van der Waals surface area contributed by atoms with Crippen molar-refractivity contribution >= 4 is 5.97 Å². The van der Waals surface area contributed by atoms with Crippen molar-refractivity contribution in [2.45, 2.75) is 71.8 Å². The van der Waals surface area contributed by atoms with Gasteiger partial charge in [0.1, 0.15) is 5.60 Å². The number of carbonyl (C=O) groups excluding carboxylic acids is 1. The Kier molecular flexibility index (Phi) is 6.60. The van der Waals surface area contributed by atoms with E-state index < -0.39 is 0 Å². The molecule has 0 aliphatic rings. The van der Waals surface area contributed by atoms with Crippen molar-refractivity contribution in [3.05, 3.63) is 0 Å². The van der Waals surface area contributed by atoms with Gasteiger partial charge in [-0.1, -0.05) is 33.1 Å². The van der Waals surface area contributed by atoms with Gasteiger partial charge in [-0.2, -0.15) is 0 Å². The molecule has 0 N–H and O–H groups in total. The summed E-state index contributed by atoms with van der Waals surface area (Å²) in [7, 11) is 0. The molecule has 0 saturated heterocycles. The summed E-state index contributed by atoms with van der Waals surface area (Å²) in [6.07, 6.45) is 5.96. The molecule has 0 radical (unpaired) electrons. The Hall–Kier alpha value is -0.530. The SMILES string of the molecule is CCCCCCC(=O)OC(C)(C)CC. The molecule has 2 nitrogen and oxygen atoms in total. The van der Waals surface area contributed by atoms with E-state index >= 15 is 0 Å². The van der Waals surface area contributed by atoms with E-state index in [-0.39, 0.29) is 11.6 Å². The fourth-order valence-electron chi connectivity index (χ4n) is 1.13. The number of ether oxygens (including phenoxy) is 1. The van der Waals surface area contributed by atoms with Gasteiger partial charge in [-0.15, -0.1) is 0 Å². The van der Waals surface area contributed by atoms with E-state index in [1.54, 1.807) is 0 Å². The maximum atomic E-state index is 11.4. The fourth-order valence-corrected chi connectivity index (χ4v) is 1.13. The number of hydrogen-bond acceptors (Lipinski definition) is 2. The van der Waals surface area contributed by atoms with Gasteiger partial charge in [-0.25, -0.2) is 0 Å². The molecule has 14 heavy (non-hydrogen) atoms. The van der Waals surface area contributed by atoms with Gasteiger partial charge in [0.15, 0.2) is 0 Å². The summed E-state index contributed by atoms with van der Waals surface area (Å²) in [4.78, 5) is 11.4. The van der Waals surface area contributed by atoms with Crippen LogP contribution in [-0.4, -0.2) is 11.6 Å². The van der Waals surface area contributed by atoms with Crippen LogP contribution in [0.1, 0.15) is 66.2 Å². The summed E-state index contributed by atoms with van der Waals surface area (Å²) >= 11 is 0. The molecule has 0 aromatic rings. The van der Waals surface area contributed by atoms with E-state index in [0.717, 1.165) is 19.3 Å². The highest BCUT2D eigenvalue weighted by molar-refractivity contribution is 5.69. The second-order valence-corrected chi connectivity index (χ2v) is 4.40. The minimum atomic E-state index is -0.290. The van der Waals surface area contributed by atoms with E-state index in [4.69, 9.17) is 4.74 Å². The van der Waals surface area contributed by atoms with E-state index in [1.165, 1.54) is 12.8 Å². The van der Waals surface area contributed by atoms with Gasteiger partial charge in [-0.3, -0.25) is 4.79 Å². The van der Waals surface area contributed by atoms with Crippen LogP contribution in [0.2, 0.25) is 0 Å². The van der Waals surface area contributed by atoms with Crippen LogP contribution in [0, 0.1) is 0 Å². The summed E-state index contributed by atoms with van der Waals surface area (Å²) in [5, 5.41) is 0. The van der Waals surface area contributed by atoms with Crippen LogP contribution >= 0.6 is 0 Å². The van der Waals surface area contributed by atoms with Crippen LogP contribution in [0.3, 0.4) is 0 Å². The molecule has 0 aliphatic heterocycles. The lowest BCUT2D eigenvalue weighted by Crippen LogP contribution is -2.26. The second kappa shape index (κ2) is 6.86. The monoisotopic (exact) mass is 200 g/mol. The summed E-state index contributed by atoms with van der Waals surface area (Å²) in [6, 6.07) is 0. The molecular formula is C12H24O2. The van der Waals surface area contributed by atoms with Crippen LogP contribution in [-0.2, 0) is 9.53 Å². The molecule has 0 spiro atoms. The zero-order valence-electron chi connectivity index (χ0n) is 10.1.